The van der Waals surface area contributed by atoms with Crippen molar-refractivity contribution in [3.05, 3.63) is 40.6 Å². The average Bonchev–Trinajstić information content (AvgIpc) is 2.71. The van der Waals surface area contributed by atoms with Crippen LogP contribution in [0.1, 0.15) is 22.4 Å². The summed E-state index contributed by atoms with van der Waals surface area (Å²) in [4.78, 5) is 0. The van der Waals surface area contributed by atoms with Crippen molar-refractivity contribution >= 4 is 0 Å². The summed E-state index contributed by atoms with van der Waals surface area (Å²) in [5.74, 6) is 0. The van der Waals surface area contributed by atoms with Crippen LogP contribution >= 0.6 is 0 Å². The zero-order valence-corrected chi connectivity index (χ0v) is 9.63. The zero-order valence-electron chi connectivity index (χ0n) is 9.63. The maximum atomic E-state index is 8.73. The third-order valence-corrected chi connectivity index (χ3v) is 2.82. The van der Waals surface area contributed by atoms with Crippen LogP contribution in [0.5, 0.6) is 0 Å². The van der Waals surface area contributed by atoms with Gasteiger partial charge in [0.2, 0.25) is 0 Å². The molecule has 0 saturated carbocycles. The van der Waals surface area contributed by atoms with Crippen LogP contribution in [-0.2, 0) is 0 Å². The lowest BCUT2D eigenvalue weighted by Gasteiger charge is -2.07. The molecule has 2 rings (SSSR count). The average molecular weight is 211 g/mol. The second kappa shape index (κ2) is 3.82. The molecule has 0 aliphatic rings. The van der Waals surface area contributed by atoms with Gasteiger partial charge < -0.3 is 0 Å². The van der Waals surface area contributed by atoms with E-state index in [-0.39, 0.29) is 0 Å². The van der Waals surface area contributed by atoms with Crippen LogP contribution in [0.4, 0.5) is 0 Å². The smallest absolute Gasteiger partial charge is 0.162 e. The molecule has 3 heteroatoms. The van der Waals surface area contributed by atoms with Crippen molar-refractivity contribution in [1.82, 2.24) is 10.2 Å². The van der Waals surface area contributed by atoms with E-state index in [2.05, 4.69) is 43.1 Å². The second-order valence-corrected chi connectivity index (χ2v) is 4.03. The third-order valence-electron chi connectivity index (χ3n) is 2.82. The van der Waals surface area contributed by atoms with Gasteiger partial charge in [-0.15, -0.1) is 0 Å². The Balaban J connectivity index is 2.56. The summed E-state index contributed by atoms with van der Waals surface area (Å²) in [5, 5.41) is 15.5. The van der Waals surface area contributed by atoms with Crippen LogP contribution in [0.3, 0.4) is 0 Å². The van der Waals surface area contributed by atoms with Crippen molar-refractivity contribution in [1.29, 1.82) is 5.26 Å². The Morgan fingerprint density at radius 1 is 1.06 bits per heavy atom. The van der Waals surface area contributed by atoms with Gasteiger partial charge in [-0.2, -0.15) is 10.4 Å². The van der Waals surface area contributed by atoms with Gasteiger partial charge in [0.05, 0.1) is 5.69 Å². The quantitative estimate of drug-likeness (QED) is 0.788. The summed E-state index contributed by atoms with van der Waals surface area (Å²) in [5.41, 5.74) is 6.15. The molecule has 0 atom stereocenters. The lowest BCUT2D eigenvalue weighted by molar-refractivity contribution is 1.07. The number of aromatic nitrogens is 2. The molecule has 0 bridgehead atoms. The highest BCUT2D eigenvalue weighted by Gasteiger charge is 2.07. The zero-order chi connectivity index (χ0) is 11.7. The van der Waals surface area contributed by atoms with E-state index in [1.54, 1.807) is 6.07 Å². The molecular weight excluding hydrogens is 198 g/mol. The Labute approximate surface area is 94.7 Å². The molecule has 1 heterocycles. The summed E-state index contributed by atoms with van der Waals surface area (Å²) >= 11 is 0. The van der Waals surface area contributed by atoms with Gasteiger partial charge in [-0.1, -0.05) is 6.07 Å². The molecule has 1 N–H and O–H groups in total. The Bertz CT molecular complexity index is 573. The molecule has 0 aliphatic carbocycles. The van der Waals surface area contributed by atoms with E-state index < -0.39 is 0 Å². The van der Waals surface area contributed by atoms with E-state index in [0.29, 0.717) is 5.69 Å². The summed E-state index contributed by atoms with van der Waals surface area (Å²) < 4.78 is 0. The van der Waals surface area contributed by atoms with Gasteiger partial charge in [0.1, 0.15) is 6.07 Å². The number of nitrogens with zero attached hydrogens (tertiary/aromatic N) is 2. The minimum absolute atomic E-state index is 0.424. The molecule has 0 saturated heterocycles. The molecule has 3 nitrogen and oxygen atoms in total. The number of nitriles is 1. The van der Waals surface area contributed by atoms with E-state index in [4.69, 9.17) is 5.26 Å². The Morgan fingerprint density at radius 3 is 2.38 bits per heavy atom. The molecule has 0 spiro atoms. The van der Waals surface area contributed by atoms with E-state index >= 15 is 0 Å². The number of aromatic amines is 1. The molecule has 0 amide bonds. The fraction of sp³-hybridized carbons (Fsp3) is 0.231. The van der Waals surface area contributed by atoms with E-state index in [9.17, 15) is 0 Å². The van der Waals surface area contributed by atoms with Gasteiger partial charge in [0.15, 0.2) is 5.69 Å². The standard InChI is InChI=1S/C13H13N3/c1-8-4-10(3)12(5-9(8)2)13-6-11(7-14)15-16-13/h4-6H,1-3H3,(H,15,16). The van der Waals surface area contributed by atoms with E-state index in [0.717, 1.165) is 11.3 Å². The maximum Gasteiger partial charge on any atom is 0.162 e. The van der Waals surface area contributed by atoms with Gasteiger partial charge >= 0.3 is 0 Å². The topological polar surface area (TPSA) is 52.5 Å². The number of hydrogen-bond donors (Lipinski definition) is 1. The van der Waals surface area contributed by atoms with Gasteiger partial charge in [-0.3, -0.25) is 5.10 Å². The van der Waals surface area contributed by atoms with E-state index in [1.165, 1.54) is 16.7 Å². The summed E-state index contributed by atoms with van der Waals surface area (Å²) in [6.45, 7) is 6.24. The number of hydrogen-bond acceptors (Lipinski definition) is 2. The molecule has 1 aromatic carbocycles. The summed E-state index contributed by atoms with van der Waals surface area (Å²) in [7, 11) is 0. The van der Waals surface area contributed by atoms with Crippen molar-refractivity contribution in [2.45, 2.75) is 20.8 Å². The number of H-pyrrole nitrogens is 1. The lowest BCUT2D eigenvalue weighted by Crippen LogP contribution is -1.88. The number of rotatable bonds is 1. The molecule has 0 unspecified atom stereocenters. The predicted molar refractivity (Wildman–Crippen MR) is 62.9 cm³/mol. The second-order valence-electron chi connectivity index (χ2n) is 4.03. The summed E-state index contributed by atoms with van der Waals surface area (Å²) in [6, 6.07) is 8.07. The molecule has 0 fully saturated rings. The first-order chi connectivity index (χ1) is 7.61. The first kappa shape index (κ1) is 10.4. The predicted octanol–water partition coefficient (Wildman–Crippen LogP) is 2.87. The highest BCUT2D eigenvalue weighted by atomic mass is 15.1. The molecule has 80 valence electrons. The number of benzene rings is 1. The molecular formula is C13H13N3. The Hall–Kier alpha value is -2.08. The normalized spacial score (nSPS) is 10.1. The van der Waals surface area contributed by atoms with Crippen LogP contribution in [-0.4, -0.2) is 10.2 Å². The van der Waals surface area contributed by atoms with Gasteiger partial charge in [0, 0.05) is 11.6 Å². The first-order valence-corrected chi connectivity index (χ1v) is 5.15. The van der Waals surface area contributed by atoms with Crippen LogP contribution in [0.15, 0.2) is 18.2 Å². The lowest BCUT2D eigenvalue weighted by atomic mass is 9.99. The first-order valence-electron chi connectivity index (χ1n) is 5.15. The van der Waals surface area contributed by atoms with Crippen molar-refractivity contribution in [3.8, 4) is 17.3 Å². The van der Waals surface area contributed by atoms with Crippen molar-refractivity contribution < 1.29 is 0 Å². The van der Waals surface area contributed by atoms with Gasteiger partial charge in [0.25, 0.3) is 0 Å². The molecule has 0 radical (unpaired) electrons. The van der Waals surface area contributed by atoms with Crippen molar-refractivity contribution in [2.75, 3.05) is 0 Å². The SMILES string of the molecule is Cc1cc(C)c(-c2cc(C#N)n[nH]2)cc1C. The molecule has 0 aliphatic heterocycles. The minimum atomic E-state index is 0.424. The van der Waals surface area contributed by atoms with Crippen molar-refractivity contribution in [3.63, 3.8) is 0 Å². The van der Waals surface area contributed by atoms with E-state index in [1.807, 2.05) is 6.07 Å². The monoisotopic (exact) mass is 211 g/mol. The van der Waals surface area contributed by atoms with Gasteiger partial charge in [-0.05, 0) is 43.5 Å². The third kappa shape index (κ3) is 1.70. The maximum absolute atomic E-state index is 8.73. The number of aryl methyl sites for hydroxylation is 3. The Kier molecular flexibility index (Phi) is 2.49. The van der Waals surface area contributed by atoms with Crippen LogP contribution in [0.25, 0.3) is 11.3 Å². The van der Waals surface area contributed by atoms with Crippen LogP contribution in [0, 0.1) is 32.1 Å². The highest BCUT2D eigenvalue weighted by Crippen LogP contribution is 2.25. The summed E-state index contributed by atoms with van der Waals surface area (Å²) in [6.07, 6.45) is 0. The minimum Gasteiger partial charge on any atom is -0.277 e. The fourth-order valence-electron chi connectivity index (χ4n) is 1.77. The molecule has 16 heavy (non-hydrogen) atoms. The largest absolute Gasteiger partial charge is 0.277 e. The fourth-order valence-corrected chi connectivity index (χ4v) is 1.77. The molecule has 1 aromatic heterocycles. The number of nitrogens with one attached hydrogen (secondary N) is 1. The Morgan fingerprint density at radius 2 is 1.75 bits per heavy atom. The van der Waals surface area contributed by atoms with Crippen LogP contribution in [0.2, 0.25) is 0 Å². The molecule has 2 aromatic rings. The van der Waals surface area contributed by atoms with Gasteiger partial charge in [-0.25, -0.2) is 0 Å². The highest BCUT2D eigenvalue weighted by molar-refractivity contribution is 5.66. The van der Waals surface area contributed by atoms with Crippen LogP contribution < -0.4 is 0 Å². The van der Waals surface area contributed by atoms with Crippen molar-refractivity contribution in [2.24, 2.45) is 0 Å².